The molecule has 0 bridgehead atoms. The van der Waals surface area contributed by atoms with Gasteiger partial charge in [-0.05, 0) is 12.1 Å². The first-order valence-electron chi connectivity index (χ1n) is 8.00. The van der Waals surface area contributed by atoms with E-state index >= 15 is 0 Å². The van der Waals surface area contributed by atoms with Gasteiger partial charge in [-0.3, -0.25) is 0 Å². The number of carbonyl (C=O) groups is 1. The molecule has 1 heterocycles. The van der Waals surface area contributed by atoms with Crippen LogP contribution in [0, 0.1) is 5.41 Å². The highest BCUT2D eigenvalue weighted by atomic mass is 33.1. The summed E-state index contributed by atoms with van der Waals surface area (Å²) in [5.74, 6) is 1.31. The Bertz CT molecular complexity index is 672. The van der Waals surface area contributed by atoms with Crippen molar-refractivity contribution in [3.63, 3.8) is 0 Å². The summed E-state index contributed by atoms with van der Waals surface area (Å²) in [6, 6.07) is 18.2. The Morgan fingerprint density at radius 1 is 1.00 bits per heavy atom. The number of ether oxygens (including phenoxy) is 2. The van der Waals surface area contributed by atoms with Crippen molar-refractivity contribution >= 4 is 27.6 Å². The fraction of sp³-hybridized carbons (Fsp3) is 0.316. The van der Waals surface area contributed by atoms with Gasteiger partial charge in [0, 0.05) is 22.5 Å². The summed E-state index contributed by atoms with van der Waals surface area (Å²) in [5, 5.41) is 10.2. The summed E-state index contributed by atoms with van der Waals surface area (Å²) in [4.78, 5) is 12.2. The van der Waals surface area contributed by atoms with Crippen molar-refractivity contribution in [1.29, 1.82) is 0 Å². The molecule has 132 valence electrons. The number of aliphatic hydroxyl groups is 1. The average Bonchev–Trinajstić information content (AvgIpc) is 3.15. The molecule has 6 heteroatoms. The van der Waals surface area contributed by atoms with Crippen LogP contribution in [-0.2, 0) is 9.47 Å². The molecule has 2 aromatic carbocycles. The second-order valence-electron chi connectivity index (χ2n) is 6.04. The van der Waals surface area contributed by atoms with Crippen molar-refractivity contribution in [2.45, 2.75) is 6.29 Å². The Morgan fingerprint density at radius 2 is 1.60 bits per heavy atom. The van der Waals surface area contributed by atoms with E-state index in [1.807, 2.05) is 48.5 Å². The second-order valence-corrected chi connectivity index (χ2v) is 8.50. The molecule has 1 aliphatic rings. The van der Waals surface area contributed by atoms with Crippen molar-refractivity contribution in [1.82, 2.24) is 0 Å². The molecule has 1 saturated heterocycles. The van der Waals surface area contributed by atoms with Crippen LogP contribution in [-0.4, -0.2) is 35.8 Å². The highest BCUT2D eigenvalue weighted by molar-refractivity contribution is 8.77. The van der Waals surface area contributed by atoms with Crippen LogP contribution in [0.3, 0.4) is 0 Å². The highest BCUT2D eigenvalue weighted by Gasteiger charge is 2.38. The predicted octanol–water partition coefficient (Wildman–Crippen LogP) is 3.93. The zero-order valence-corrected chi connectivity index (χ0v) is 15.3. The number of hydrogen-bond donors (Lipinski definition) is 1. The van der Waals surface area contributed by atoms with Crippen LogP contribution in [0.5, 0.6) is 0 Å². The zero-order valence-electron chi connectivity index (χ0n) is 13.7. The summed E-state index contributed by atoms with van der Waals surface area (Å²) >= 11 is 0. The molecule has 0 radical (unpaired) electrons. The largest absolute Gasteiger partial charge is 0.461 e. The summed E-state index contributed by atoms with van der Waals surface area (Å²) in [6.45, 7) is 0.618. The lowest BCUT2D eigenvalue weighted by Gasteiger charge is -2.28. The van der Waals surface area contributed by atoms with Crippen LogP contribution in [0.4, 0.5) is 0 Å². The topological polar surface area (TPSA) is 55.8 Å². The van der Waals surface area contributed by atoms with Crippen LogP contribution >= 0.6 is 21.6 Å². The fourth-order valence-corrected chi connectivity index (χ4v) is 5.76. The molecule has 0 amide bonds. The molecule has 25 heavy (non-hydrogen) atoms. The van der Waals surface area contributed by atoms with Gasteiger partial charge in [-0.2, -0.15) is 0 Å². The van der Waals surface area contributed by atoms with Gasteiger partial charge < -0.3 is 14.6 Å². The molecule has 0 saturated carbocycles. The van der Waals surface area contributed by atoms with Gasteiger partial charge in [0.15, 0.2) is 6.29 Å². The van der Waals surface area contributed by atoms with Gasteiger partial charge in [0.05, 0.1) is 12.2 Å². The minimum atomic E-state index is -0.974. The Morgan fingerprint density at radius 3 is 2.24 bits per heavy atom. The number of hydrogen-bond acceptors (Lipinski definition) is 6. The van der Waals surface area contributed by atoms with Gasteiger partial charge in [0.1, 0.15) is 6.61 Å². The lowest BCUT2D eigenvalue weighted by atomic mass is 9.95. The first kappa shape index (κ1) is 18.3. The van der Waals surface area contributed by atoms with E-state index in [1.54, 1.807) is 33.7 Å². The van der Waals surface area contributed by atoms with Crippen molar-refractivity contribution in [3.05, 3.63) is 71.8 Å². The smallest absolute Gasteiger partial charge is 0.338 e. The maximum atomic E-state index is 12.2. The Kier molecular flexibility index (Phi) is 6.42. The van der Waals surface area contributed by atoms with Crippen LogP contribution in [0.15, 0.2) is 60.7 Å². The Hall–Kier alpha value is -1.47. The van der Waals surface area contributed by atoms with E-state index in [0.717, 1.165) is 17.1 Å². The molecule has 4 nitrogen and oxygen atoms in total. The first-order chi connectivity index (χ1) is 12.2. The van der Waals surface area contributed by atoms with Crippen molar-refractivity contribution in [3.8, 4) is 0 Å². The molecular formula is C19H20O4S2. The third-order valence-electron chi connectivity index (χ3n) is 3.96. The van der Waals surface area contributed by atoms with Crippen LogP contribution in [0.1, 0.15) is 22.2 Å². The molecule has 2 aromatic rings. The molecule has 0 aromatic heterocycles. The predicted molar refractivity (Wildman–Crippen MR) is 101 cm³/mol. The highest BCUT2D eigenvalue weighted by Crippen LogP contribution is 2.44. The zero-order chi connectivity index (χ0) is 17.5. The SMILES string of the molecule is O=C(OCC1(COC(O)c2ccccc2)CSSC1)c1ccccc1. The van der Waals surface area contributed by atoms with E-state index in [1.165, 1.54) is 0 Å². The van der Waals surface area contributed by atoms with E-state index < -0.39 is 6.29 Å². The number of aliphatic hydroxyl groups excluding tert-OH is 1. The van der Waals surface area contributed by atoms with Gasteiger partial charge in [-0.1, -0.05) is 70.1 Å². The van der Waals surface area contributed by atoms with Gasteiger partial charge in [-0.15, -0.1) is 0 Å². The normalized spacial score (nSPS) is 17.2. The first-order valence-corrected chi connectivity index (χ1v) is 10.5. The third kappa shape index (κ3) is 5.01. The Balaban J connectivity index is 1.57. The Labute approximate surface area is 155 Å². The molecule has 0 aliphatic carbocycles. The second kappa shape index (κ2) is 8.76. The monoisotopic (exact) mass is 376 g/mol. The van der Waals surface area contributed by atoms with Crippen LogP contribution < -0.4 is 0 Å². The molecule has 1 N–H and O–H groups in total. The number of carbonyl (C=O) groups excluding carboxylic acids is 1. The molecule has 0 spiro atoms. The summed E-state index contributed by atoms with van der Waals surface area (Å²) in [6.07, 6.45) is -0.974. The van der Waals surface area contributed by atoms with E-state index in [-0.39, 0.29) is 18.0 Å². The minimum absolute atomic E-state index is 0.280. The number of esters is 1. The van der Waals surface area contributed by atoms with Crippen LogP contribution in [0.25, 0.3) is 0 Å². The minimum Gasteiger partial charge on any atom is -0.461 e. The maximum absolute atomic E-state index is 12.2. The van der Waals surface area contributed by atoms with Crippen molar-refractivity contribution < 1.29 is 19.4 Å². The van der Waals surface area contributed by atoms with E-state index in [4.69, 9.17) is 9.47 Å². The number of benzene rings is 2. The summed E-state index contributed by atoms with van der Waals surface area (Å²) in [7, 11) is 3.48. The summed E-state index contributed by atoms with van der Waals surface area (Å²) in [5.41, 5.74) is 0.980. The van der Waals surface area contributed by atoms with Gasteiger partial charge in [-0.25, -0.2) is 4.79 Å². The van der Waals surface area contributed by atoms with E-state index in [0.29, 0.717) is 12.2 Å². The van der Waals surface area contributed by atoms with E-state index in [9.17, 15) is 9.90 Å². The van der Waals surface area contributed by atoms with Gasteiger partial charge in [0.25, 0.3) is 0 Å². The lowest BCUT2D eigenvalue weighted by molar-refractivity contribution is -0.128. The summed E-state index contributed by atoms with van der Waals surface area (Å²) < 4.78 is 11.2. The van der Waals surface area contributed by atoms with Crippen molar-refractivity contribution in [2.24, 2.45) is 5.41 Å². The lowest BCUT2D eigenvalue weighted by Crippen LogP contribution is -2.36. The standard InChI is InChI=1S/C19H20O4S2/c20-17(15-7-3-1-4-8-15)22-11-19(13-24-25-14-19)12-23-18(21)16-9-5-2-6-10-16/h1-10,17,20H,11-14H2. The van der Waals surface area contributed by atoms with E-state index in [2.05, 4.69) is 0 Å². The molecule has 1 fully saturated rings. The molecule has 1 aliphatic heterocycles. The number of rotatable bonds is 7. The average molecular weight is 376 g/mol. The van der Waals surface area contributed by atoms with Crippen molar-refractivity contribution in [2.75, 3.05) is 24.7 Å². The van der Waals surface area contributed by atoms with Gasteiger partial charge >= 0.3 is 5.97 Å². The quantitative estimate of drug-likeness (QED) is 0.449. The molecule has 1 unspecified atom stereocenters. The molecule has 1 atom stereocenters. The fourth-order valence-electron chi connectivity index (χ4n) is 2.43. The third-order valence-corrected chi connectivity index (χ3v) is 6.80. The maximum Gasteiger partial charge on any atom is 0.338 e. The van der Waals surface area contributed by atoms with Gasteiger partial charge in [0.2, 0.25) is 0 Å². The van der Waals surface area contributed by atoms with Crippen LogP contribution in [0.2, 0.25) is 0 Å². The molecule has 3 rings (SSSR count). The molecular weight excluding hydrogens is 356 g/mol.